The summed E-state index contributed by atoms with van der Waals surface area (Å²) in [5.41, 5.74) is 11.0. The second-order valence-electron chi connectivity index (χ2n) is 8.16. The number of rotatable bonds is 7. The van der Waals surface area contributed by atoms with E-state index in [1.165, 1.54) is 11.1 Å². The lowest BCUT2D eigenvalue weighted by atomic mass is 9.96. The number of piperazine rings is 1. The van der Waals surface area contributed by atoms with Gasteiger partial charge in [-0.05, 0) is 35.7 Å². The normalized spacial score (nSPS) is 14.5. The summed E-state index contributed by atoms with van der Waals surface area (Å²) in [6.07, 6.45) is 0.802. The number of hydrogen-bond donors (Lipinski definition) is 1. The average molecular weight is 430 g/mol. The summed E-state index contributed by atoms with van der Waals surface area (Å²) in [6.45, 7) is 6.00. The fourth-order valence-corrected chi connectivity index (χ4v) is 4.35. The molecule has 4 rings (SSSR count). The SMILES string of the molecule is CCCOC(=O)c1ccc(N2CCN(C(c3ccccc3)c3ccccc3)CC2)c(N)c1. The first-order valence-corrected chi connectivity index (χ1v) is 11.3. The Morgan fingerprint density at radius 3 is 2.03 bits per heavy atom. The quantitative estimate of drug-likeness (QED) is 0.434. The van der Waals surface area contributed by atoms with Gasteiger partial charge in [-0.3, -0.25) is 4.90 Å². The van der Waals surface area contributed by atoms with Crippen LogP contribution in [0.3, 0.4) is 0 Å². The molecule has 0 unspecified atom stereocenters. The Bertz CT molecular complexity index is 976. The smallest absolute Gasteiger partial charge is 0.338 e. The van der Waals surface area contributed by atoms with E-state index in [-0.39, 0.29) is 12.0 Å². The van der Waals surface area contributed by atoms with Crippen molar-refractivity contribution in [1.82, 2.24) is 4.90 Å². The number of anilines is 2. The predicted octanol–water partition coefficient (Wildman–Crippen LogP) is 4.75. The highest BCUT2D eigenvalue weighted by Crippen LogP contribution is 2.32. The third-order valence-corrected chi connectivity index (χ3v) is 5.95. The maximum Gasteiger partial charge on any atom is 0.338 e. The number of nitrogens with two attached hydrogens (primary N) is 1. The molecule has 0 spiro atoms. The van der Waals surface area contributed by atoms with Crippen molar-refractivity contribution in [3.63, 3.8) is 0 Å². The van der Waals surface area contributed by atoms with E-state index in [4.69, 9.17) is 10.5 Å². The van der Waals surface area contributed by atoms with Gasteiger partial charge in [-0.25, -0.2) is 4.79 Å². The molecule has 0 aromatic heterocycles. The van der Waals surface area contributed by atoms with Crippen molar-refractivity contribution in [3.05, 3.63) is 95.6 Å². The van der Waals surface area contributed by atoms with Crippen LogP contribution in [-0.4, -0.2) is 43.7 Å². The first-order chi connectivity index (χ1) is 15.7. The molecule has 5 nitrogen and oxygen atoms in total. The monoisotopic (exact) mass is 429 g/mol. The van der Waals surface area contributed by atoms with Crippen molar-refractivity contribution in [2.45, 2.75) is 19.4 Å². The fraction of sp³-hybridized carbons (Fsp3) is 0.296. The van der Waals surface area contributed by atoms with Crippen molar-refractivity contribution in [2.75, 3.05) is 43.4 Å². The van der Waals surface area contributed by atoms with Crippen LogP contribution >= 0.6 is 0 Å². The molecule has 3 aromatic rings. The van der Waals surface area contributed by atoms with Crippen LogP contribution in [-0.2, 0) is 4.74 Å². The van der Waals surface area contributed by atoms with Gasteiger partial charge in [0.2, 0.25) is 0 Å². The molecule has 5 heteroatoms. The highest BCUT2D eigenvalue weighted by molar-refractivity contribution is 5.92. The van der Waals surface area contributed by atoms with Crippen LogP contribution in [0.4, 0.5) is 11.4 Å². The zero-order chi connectivity index (χ0) is 22.3. The minimum absolute atomic E-state index is 0.229. The maximum absolute atomic E-state index is 12.1. The summed E-state index contributed by atoms with van der Waals surface area (Å²) < 4.78 is 5.23. The zero-order valence-corrected chi connectivity index (χ0v) is 18.6. The Morgan fingerprint density at radius 2 is 1.50 bits per heavy atom. The fourth-order valence-electron chi connectivity index (χ4n) is 4.35. The lowest BCUT2D eigenvalue weighted by molar-refractivity contribution is 0.0505. The molecule has 1 fully saturated rings. The molecule has 0 bridgehead atoms. The maximum atomic E-state index is 12.1. The van der Waals surface area contributed by atoms with Gasteiger partial charge in [0.05, 0.1) is 29.6 Å². The first kappa shape index (κ1) is 21.9. The molecule has 1 aliphatic rings. The Labute approximate surface area is 190 Å². The van der Waals surface area contributed by atoms with E-state index in [2.05, 4.69) is 70.5 Å². The van der Waals surface area contributed by atoms with Crippen LogP contribution in [0.1, 0.15) is 40.9 Å². The molecule has 1 saturated heterocycles. The van der Waals surface area contributed by atoms with Gasteiger partial charge in [0.15, 0.2) is 0 Å². The molecule has 0 amide bonds. The molecule has 0 aliphatic carbocycles. The van der Waals surface area contributed by atoms with E-state index in [0.29, 0.717) is 17.9 Å². The standard InChI is InChI=1S/C27H31N3O2/c1-2-19-32-27(31)23-13-14-25(24(28)20-23)29-15-17-30(18-16-29)26(21-9-5-3-6-10-21)22-11-7-4-8-12-22/h3-14,20,26H,2,15-19,28H2,1H3. The third-order valence-electron chi connectivity index (χ3n) is 5.95. The Hall–Kier alpha value is -3.31. The molecule has 0 saturated carbocycles. The second-order valence-corrected chi connectivity index (χ2v) is 8.16. The van der Waals surface area contributed by atoms with Crippen molar-refractivity contribution in [1.29, 1.82) is 0 Å². The number of hydrogen-bond acceptors (Lipinski definition) is 5. The van der Waals surface area contributed by atoms with Gasteiger partial charge in [-0.15, -0.1) is 0 Å². The van der Waals surface area contributed by atoms with E-state index in [1.54, 1.807) is 6.07 Å². The highest BCUT2D eigenvalue weighted by atomic mass is 16.5. The zero-order valence-electron chi connectivity index (χ0n) is 18.6. The Kier molecular flexibility index (Phi) is 7.07. The number of ether oxygens (including phenoxy) is 1. The number of carbonyl (C=O) groups is 1. The van der Waals surface area contributed by atoms with Crippen molar-refractivity contribution >= 4 is 17.3 Å². The van der Waals surface area contributed by atoms with Gasteiger partial charge >= 0.3 is 5.97 Å². The molecule has 32 heavy (non-hydrogen) atoms. The van der Waals surface area contributed by atoms with Crippen molar-refractivity contribution in [2.24, 2.45) is 0 Å². The molecule has 1 heterocycles. The number of esters is 1. The topological polar surface area (TPSA) is 58.8 Å². The molecule has 0 radical (unpaired) electrons. The van der Waals surface area contributed by atoms with Crippen LogP contribution in [0.2, 0.25) is 0 Å². The van der Waals surface area contributed by atoms with E-state index >= 15 is 0 Å². The highest BCUT2D eigenvalue weighted by Gasteiger charge is 2.27. The minimum atomic E-state index is -0.316. The summed E-state index contributed by atoms with van der Waals surface area (Å²) in [5, 5.41) is 0. The number of nitrogens with zero attached hydrogens (tertiary/aromatic N) is 2. The Balaban J connectivity index is 1.48. The summed E-state index contributed by atoms with van der Waals surface area (Å²) in [7, 11) is 0. The molecular weight excluding hydrogens is 398 g/mol. The van der Waals surface area contributed by atoms with E-state index in [0.717, 1.165) is 38.3 Å². The minimum Gasteiger partial charge on any atom is -0.462 e. The van der Waals surface area contributed by atoms with Gasteiger partial charge in [-0.1, -0.05) is 67.6 Å². The molecular formula is C27H31N3O2. The summed E-state index contributed by atoms with van der Waals surface area (Å²) in [6, 6.07) is 27.1. The molecule has 2 N–H and O–H groups in total. The van der Waals surface area contributed by atoms with Crippen molar-refractivity contribution in [3.8, 4) is 0 Å². The van der Waals surface area contributed by atoms with Gasteiger partial charge in [0.25, 0.3) is 0 Å². The van der Waals surface area contributed by atoms with Crippen LogP contribution < -0.4 is 10.6 Å². The van der Waals surface area contributed by atoms with Gasteiger partial charge < -0.3 is 15.4 Å². The largest absolute Gasteiger partial charge is 0.462 e. The van der Waals surface area contributed by atoms with E-state index in [9.17, 15) is 4.79 Å². The second kappa shape index (κ2) is 10.3. The summed E-state index contributed by atoms with van der Waals surface area (Å²) >= 11 is 0. The van der Waals surface area contributed by atoms with Gasteiger partial charge in [-0.2, -0.15) is 0 Å². The Morgan fingerprint density at radius 1 is 0.906 bits per heavy atom. The van der Waals surface area contributed by atoms with E-state index < -0.39 is 0 Å². The lowest BCUT2D eigenvalue weighted by Crippen LogP contribution is -2.48. The predicted molar refractivity (Wildman–Crippen MR) is 130 cm³/mol. The average Bonchev–Trinajstić information content (AvgIpc) is 2.84. The van der Waals surface area contributed by atoms with Crippen LogP contribution in [0.5, 0.6) is 0 Å². The lowest BCUT2D eigenvalue weighted by Gasteiger charge is -2.41. The molecule has 166 valence electrons. The molecule has 0 atom stereocenters. The molecule has 3 aromatic carbocycles. The van der Waals surface area contributed by atoms with Crippen LogP contribution in [0.15, 0.2) is 78.9 Å². The van der Waals surface area contributed by atoms with Crippen LogP contribution in [0, 0.1) is 0 Å². The number of carbonyl (C=O) groups excluding carboxylic acids is 1. The van der Waals surface area contributed by atoms with Gasteiger partial charge in [0, 0.05) is 26.2 Å². The van der Waals surface area contributed by atoms with Gasteiger partial charge in [0.1, 0.15) is 0 Å². The van der Waals surface area contributed by atoms with Crippen molar-refractivity contribution < 1.29 is 9.53 Å². The summed E-state index contributed by atoms with van der Waals surface area (Å²) in [4.78, 5) is 17.0. The number of benzene rings is 3. The first-order valence-electron chi connectivity index (χ1n) is 11.3. The van der Waals surface area contributed by atoms with Crippen LogP contribution in [0.25, 0.3) is 0 Å². The van der Waals surface area contributed by atoms with E-state index in [1.807, 2.05) is 19.1 Å². The molecule has 1 aliphatic heterocycles. The number of nitrogen functional groups attached to an aromatic ring is 1. The third kappa shape index (κ3) is 4.94. The summed E-state index contributed by atoms with van der Waals surface area (Å²) in [5.74, 6) is -0.316.